The number of fused-ring (bicyclic) bond motifs is 1. The minimum atomic E-state index is 0.631. The van der Waals surface area contributed by atoms with Crippen molar-refractivity contribution in [1.29, 1.82) is 0 Å². The van der Waals surface area contributed by atoms with Crippen molar-refractivity contribution in [2.45, 2.75) is 6.54 Å². The summed E-state index contributed by atoms with van der Waals surface area (Å²) in [5.41, 5.74) is 1.90. The van der Waals surface area contributed by atoms with Gasteiger partial charge in [0.25, 0.3) is 0 Å². The predicted molar refractivity (Wildman–Crippen MR) is 66.8 cm³/mol. The van der Waals surface area contributed by atoms with E-state index in [0.717, 1.165) is 21.7 Å². The molecule has 0 bridgehead atoms. The first-order chi connectivity index (χ1) is 8.43. The summed E-state index contributed by atoms with van der Waals surface area (Å²) in [6.07, 6.45) is 4.83. The smallest absolute Gasteiger partial charge is 0.147 e. The molecule has 3 rings (SSSR count). The Morgan fingerprint density at radius 1 is 1.12 bits per heavy atom. The van der Waals surface area contributed by atoms with Gasteiger partial charge in [-0.3, -0.25) is 0 Å². The first kappa shape index (κ1) is 10.1. The van der Waals surface area contributed by atoms with Gasteiger partial charge in [0.05, 0.1) is 22.5 Å². The Balaban J connectivity index is 1.84. The summed E-state index contributed by atoms with van der Waals surface area (Å²) in [5, 5.41) is 5.27. The molecule has 1 N–H and O–H groups in total. The lowest BCUT2D eigenvalue weighted by atomic mass is 10.4. The highest BCUT2D eigenvalue weighted by molar-refractivity contribution is 7.17. The van der Waals surface area contributed by atoms with E-state index < -0.39 is 0 Å². The number of aromatic nitrogens is 4. The number of rotatable bonds is 3. The molecule has 0 saturated heterocycles. The molecule has 3 heterocycles. The van der Waals surface area contributed by atoms with E-state index in [2.05, 4.69) is 25.3 Å². The molecular weight excluding hydrogens is 234 g/mol. The molecule has 0 aliphatic carbocycles. The molecule has 0 spiro atoms. The van der Waals surface area contributed by atoms with Crippen molar-refractivity contribution in [3.8, 4) is 0 Å². The molecule has 0 aliphatic heterocycles. The van der Waals surface area contributed by atoms with Crippen molar-refractivity contribution in [1.82, 2.24) is 19.9 Å². The molecular formula is C11H9N5S. The molecule has 5 nitrogen and oxygen atoms in total. The van der Waals surface area contributed by atoms with E-state index >= 15 is 0 Å². The second kappa shape index (κ2) is 4.42. The Bertz CT molecular complexity index is 622. The van der Waals surface area contributed by atoms with Gasteiger partial charge in [-0.15, -0.1) is 11.3 Å². The number of hydrogen-bond acceptors (Lipinski definition) is 6. The monoisotopic (exact) mass is 243 g/mol. The predicted octanol–water partition coefficient (Wildman–Crippen LogP) is 2.09. The molecule has 0 aromatic carbocycles. The van der Waals surface area contributed by atoms with Crippen molar-refractivity contribution < 1.29 is 0 Å². The number of thiophene rings is 1. The second-order valence-corrected chi connectivity index (χ2v) is 4.33. The van der Waals surface area contributed by atoms with Crippen molar-refractivity contribution in [2.24, 2.45) is 0 Å². The number of anilines is 1. The number of nitrogens with zero attached hydrogens (tertiary/aromatic N) is 4. The summed E-state index contributed by atoms with van der Waals surface area (Å²) >= 11 is 1.63. The zero-order chi connectivity index (χ0) is 11.5. The minimum Gasteiger partial charge on any atom is -0.363 e. The third kappa shape index (κ3) is 2.07. The standard InChI is InChI=1S/C11H9N5S/c1-3-12-6-14-8(1)5-13-11-10-9(2-4-17-10)15-7-16-11/h1-4,6-7H,5H2,(H,13,15,16). The topological polar surface area (TPSA) is 63.6 Å². The average Bonchev–Trinajstić information content (AvgIpc) is 2.86. The number of hydrogen-bond donors (Lipinski definition) is 1. The van der Waals surface area contributed by atoms with E-state index in [-0.39, 0.29) is 0 Å². The van der Waals surface area contributed by atoms with Crippen LogP contribution in [-0.2, 0) is 6.54 Å². The van der Waals surface area contributed by atoms with Gasteiger partial charge in [-0.1, -0.05) is 0 Å². The highest BCUT2D eigenvalue weighted by Gasteiger charge is 2.04. The Kier molecular flexibility index (Phi) is 2.63. The van der Waals surface area contributed by atoms with Crippen molar-refractivity contribution in [2.75, 3.05) is 5.32 Å². The maximum absolute atomic E-state index is 4.24. The molecule has 0 fully saturated rings. The van der Waals surface area contributed by atoms with Crippen LogP contribution in [0.5, 0.6) is 0 Å². The molecule has 0 saturated carbocycles. The Morgan fingerprint density at radius 2 is 2.12 bits per heavy atom. The van der Waals surface area contributed by atoms with Crippen LogP contribution < -0.4 is 5.32 Å². The van der Waals surface area contributed by atoms with Crippen LogP contribution in [0.4, 0.5) is 5.82 Å². The summed E-state index contributed by atoms with van der Waals surface area (Å²) in [5.74, 6) is 0.851. The maximum atomic E-state index is 4.24. The number of nitrogens with one attached hydrogen (secondary N) is 1. The third-order valence-electron chi connectivity index (χ3n) is 2.32. The van der Waals surface area contributed by atoms with Crippen molar-refractivity contribution in [3.05, 3.63) is 42.1 Å². The third-order valence-corrected chi connectivity index (χ3v) is 3.23. The van der Waals surface area contributed by atoms with E-state index in [1.807, 2.05) is 17.5 Å². The molecule has 6 heteroatoms. The summed E-state index contributed by atoms with van der Waals surface area (Å²) in [7, 11) is 0. The fourth-order valence-electron chi connectivity index (χ4n) is 1.51. The van der Waals surface area contributed by atoms with Crippen LogP contribution in [-0.4, -0.2) is 19.9 Å². The fourth-order valence-corrected chi connectivity index (χ4v) is 2.32. The quantitative estimate of drug-likeness (QED) is 0.763. The molecule has 0 unspecified atom stereocenters. The summed E-state index contributed by atoms with van der Waals surface area (Å²) < 4.78 is 1.07. The fraction of sp³-hybridized carbons (Fsp3) is 0.0909. The van der Waals surface area contributed by atoms with Gasteiger partial charge >= 0.3 is 0 Å². The highest BCUT2D eigenvalue weighted by Crippen LogP contribution is 2.24. The summed E-state index contributed by atoms with van der Waals surface area (Å²) in [6.45, 7) is 0.631. The SMILES string of the molecule is c1cc(CNc2ncnc3ccsc23)ncn1. The lowest BCUT2D eigenvalue weighted by molar-refractivity contribution is 0.997. The minimum absolute atomic E-state index is 0.631. The largest absolute Gasteiger partial charge is 0.363 e. The van der Waals surface area contributed by atoms with Crippen LogP contribution in [0.15, 0.2) is 36.4 Å². The van der Waals surface area contributed by atoms with Crippen LogP contribution in [0.2, 0.25) is 0 Å². The van der Waals surface area contributed by atoms with E-state index in [4.69, 9.17) is 0 Å². The summed E-state index contributed by atoms with van der Waals surface area (Å²) in [4.78, 5) is 16.5. The molecule has 3 aromatic rings. The first-order valence-corrected chi connectivity index (χ1v) is 5.98. The van der Waals surface area contributed by atoms with Gasteiger partial charge in [-0.25, -0.2) is 19.9 Å². The average molecular weight is 243 g/mol. The van der Waals surface area contributed by atoms with Crippen molar-refractivity contribution in [3.63, 3.8) is 0 Å². The Labute approximate surface area is 102 Å². The zero-order valence-electron chi connectivity index (χ0n) is 8.87. The van der Waals surface area contributed by atoms with Crippen LogP contribution >= 0.6 is 11.3 Å². The molecule has 0 aliphatic rings. The molecule has 3 aromatic heterocycles. The van der Waals surface area contributed by atoms with Gasteiger partial charge < -0.3 is 5.32 Å². The van der Waals surface area contributed by atoms with E-state index in [1.165, 1.54) is 6.33 Å². The van der Waals surface area contributed by atoms with Crippen LogP contribution in [0.1, 0.15) is 5.69 Å². The van der Waals surface area contributed by atoms with Crippen LogP contribution in [0.3, 0.4) is 0 Å². The normalized spacial score (nSPS) is 10.6. The van der Waals surface area contributed by atoms with E-state index in [0.29, 0.717) is 6.54 Å². The van der Waals surface area contributed by atoms with E-state index in [9.17, 15) is 0 Å². The molecule has 0 amide bonds. The summed E-state index contributed by atoms with van der Waals surface area (Å²) in [6, 6.07) is 3.86. The highest BCUT2D eigenvalue weighted by atomic mass is 32.1. The molecule has 84 valence electrons. The van der Waals surface area contributed by atoms with Gasteiger partial charge in [0.1, 0.15) is 18.5 Å². The Hall–Kier alpha value is -2.08. The Morgan fingerprint density at radius 3 is 3.00 bits per heavy atom. The zero-order valence-corrected chi connectivity index (χ0v) is 9.68. The molecule has 17 heavy (non-hydrogen) atoms. The first-order valence-electron chi connectivity index (χ1n) is 5.10. The second-order valence-electron chi connectivity index (χ2n) is 3.41. The van der Waals surface area contributed by atoms with Crippen molar-refractivity contribution >= 4 is 27.4 Å². The van der Waals surface area contributed by atoms with Gasteiger partial charge in [-0.05, 0) is 17.5 Å². The van der Waals surface area contributed by atoms with Gasteiger partial charge in [0, 0.05) is 6.20 Å². The van der Waals surface area contributed by atoms with Gasteiger partial charge in [-0.2, -0.15) is 0 Å². The van der Waals surface area contributed by atoms with Crippen LogP contribution in [0, 0.1) is 0 Å². The van der Waals surface area contributed by atoms with E-state index in [1.54, 1.807) is 23.9 Å². The molecule has 0 atom stereocenters. The van der Waals surface area contributed by atoms with Gasteiger partial charge in [0.2, 0.25) is 0 Å². The van der Waals surface area contributed by atoms with Gasteiger partial charge in [0.15, 0.2) is 0 Å². The van der Waals surface area contributed by atoms with Crippen LogP contribution in [0.25, 0.3) is 10.2 Å². The lowest BCUT2D eigenvalue weighted by Crippen LogP contribution is -2.03. The lowest BCUT2D eigenvalue weighted by Gasteiger charge is -2.04. The maximum Gasteiger partial charge on any atom is 0.147 e. The molecule has 0 radical (unpaired) electrons.